The van der Waals surface area contributed by atoms with E-state index in [1.165, 1.54) is 11.3 Å². The standard InChI is InChI=1S/C26H19N5O2S/c1-16-23(34-26(28-16)17-8-3-2-4-9-17)25(33)31-30-24(32)20-14-22(18-10-7-13-27-15-18)29-21-12-6-5-11-19(20)21/h2-15H,1H3,(H,30,32)(H,31,33). The van der Waals surface area contributed by atoms with Crippen molar-refractivity contribution in [1.29, 1.82) is 0 Å². The number of carbonyl (C=O) groups excluding carboxylic acids is 2. The molecule has 0 spiro atoms. The zero-order chi connectivity index (χ0) is 23.5. The molecular formula is C26H19N5O2S. The van der Waals surface area contributed by atoms with Crippen LogP contribution in [-0.4, -0.2) is 26.8 Å². The van der Waals surface area contributed by atoms with Crippen LogP contribution in [0.4, 0.5) is 0 Å². The van der Waals surface area contributed by atoms with E-state index >= 15 is 0 Å². The Kier molecular flexibility index (Phi) is 5.80. The predicted molar refractivity (Wildman–Crippen MR) is 132 cm³/mol. The molecule has 0 saturated heterocycles. The van der Waals surface area contributed by atoms with Crippen LogP contribution in [0.5, 0.6) is 0 Å². The number of hydrogen-bond donors (Lipinski definition) is 2. The van der Waals surface area contributed by atoms with Crippen molar-refractivity contribution in [2.45, 2.75) is 6.92 Å². The van der Waals surface area contributed by atoms with E-state index in [1.807, 2.05) is 66.7 Å². The second-order valence-corrected chi connectivity index (χ2v) is 8.52. The lowest BCUT2D eigenvalue weighted by atomic mass is 10.0. The Morgan fingerprint density at radius 3 is 2.35 bits per heavy atom. The lowest BCUT2D eigenvalue weighted by Crippen LogP contribution is -2.41. The molecule has 0 bridgehead atoms. The summed E-state index contributed by atoms with van der Waals surface area (Å²) in [6, 6.07) is 22.4. The van der Waals surface area contributed by atoms with Gasteiger partial charge in [0.2, 0.25) is 0 Å². The van der Waals surface area contributed by atoms with Crippen LogP contribution in [0.15, 0.2) is 85.2 Å². The summed E-state index contributed by atoms with van der Waals surface area (Å²) < 4.78 is 0. The third-order valence-electron chi connectivity index (χ3n) is 5.23. The van der Waals surface area contributed by atoms with Crippen molar-refractivity contribution in [3.63, 3.8) is 0 Å². The first kappa shape index (κ1) is 21.4. The highest BCUT2D eigenvalue weighted by Crippen LogP contribution is 2.28. The van der Waals surface area contributed by atoms with Crippen LogP contribution in [0.25, 0.3) is 32.7 Å². The highest BCUT2D eigenvalue weighted by atomic mass is 32.1. The monoisotopic (exact) mass is 465 g/mol. The van der Waals surface area contributed by atoms with Gasteiger partial charge >= 0.3 is 0 Å². The van der Waals surface area contributed by atoms with Crippen molar-refractivity contribution in [3.05, 3.63) is 101 Å². The topological polar surface area (TPSA) is 96.9 Å². The molecule has 5 rings (SSSR count). The molecule has 2 N–H and O–H groups in total. The lowest BCUT2D eigenvalue weighted by Gasteiger charge is -2.11. The molecule has 0 atom stereocenters. The molecular weight excluding hydrogens is 446 g/mol. The van der Waals surface area contributed by atoms with Crippen LogP contribution in [0.1, 0.15) is 25.7 Å². The number of thiazole rings is 1. The number of rotatable bonds is 4. The van der Waals surface area contributed by atoms with Gasteiger partial charge in [-0.25, -0.2) is 9.97 Å². The number of benzene rings is 2. The van der Waals surface area contributed by atoms with E-state index in [9.17, 15) is 9.59 Å². The van der Waals surface area contributed by atoms with E-state index in [1.54, 1.807) is 25.4 Å². The molecule has 2 aromatic carbocycles. The molecule has 7 nitrogen and oxygen atoms in total. The molecule has 2 amide bonds. The highest BCUT2D eigenvalue weighted by molar-refractivity contribution is 7.17. The molecule has 0 saturated carbocycles. The maximum absolute atomic E-state index is 13.1. The average molecular weight is 466 g/mol. The second kappa shape index (κ2) is 9.21. The number of aromatic nitrogens is 3. The Morgan fingerprint density at radius 2 is 1.56 bits per heavy atom. The number of para-hydroxylation sites is 1. The molecule has 0 fully saturated rings. The zero-order valence-corrected chi connectivity index (χ0v) is 19.0. The number of carbonyl (C=O) groups is 2. The first-order valence-electron chi connectivity index (χ1n) is 10.5. The number of amides is 2. The molecule has 8 heteroatoms. The van der Waals surface area contributed by atoms with Crippen molar-refractivity contribution in [2.75, 3.05) is 0 Å². The first-order chi connectivity index (χ1) is 16.6. The van der Waals surface area contributed by atoms with Crippen LogP contribution in [0.3, 0.4) is 0 Å². The molecule has 5 aromatic rings. The van der Waals surface area contributed by atoms with Crippen LogP contribution < -0.4 is 10.9 Å². The van der Waals surface area contributed by atoms with Gasteiger partial charge in [-0.2, -0.15) is 0 Å². The van der Waals surface area contributed by atoms with Gasteiger partial charge in [0.15, 0.2) is 0 Å². The molecule has 0 radical (unpaired) electrons. The average Bonchev–Trinajstić information content (AvgIpc) is 3.29. The minimum atomic E-state index is -0.442. The fraction of sp³-hybridized carbons (Fsp3) is 0.0385. The van der Waals surface area contributed by atoms with Gasteiger partial charge in [0.25, 0.3) is 11.8 Å². The summed E-state index contributed by atoms with van der Waals surface area (Å²) in [5.74, 6) is -0.862. The SMILES string of the molecule is Cc1nc(-c2ccccc2)sc1C(=O)NNC(=O)c1cc(-c2cccnc2)nc2ccccc12. The summed E-state index contributed by atoms with van der Waals surface area (Å²) >= 11 is 1.28. The van der Waals surface area contributed by atoms with Crippen molar-refractivity contribution in [2.24, 2.45) is 0 Å². The number of fused-ring (bicyclic) bond motifs is 1. The third kappa shape index (κ3) is 4.26. The summed E-state index contributed by atoms with van der Waals surface area (Å²) in [7, 11) is 0. The normalized spacial score (nSPS) is 10.7. The predicted octanol–water partition coefficient (Wildman–Crippen LogP) is 4.80. The molecule has 3 aromatic heterocycles. The van der Waals surface area contributed by atoms with Gasteiger partial charge in [-0.1, -0.05) is 48.5 Å². The Morgan fingerprint density at radius 1 is 0.824 bits per heavy atom. The molecule has 0 aliphatic carbocycles. The van der Waals surface area contributed by atoms with E-state index in [-0.39, 0.29) is 0 Å². The summed E-state index contributed by atoms with van der Waals surface area (Å²) in [6.45, 7) is 1.77. The zero-order valence-electron chi connectivity index (χ0n) is 18.1. The number of aryl methyl sites for hydroxylation is 1. The van der Waals surface area contributed by atoms with Gasteiger partial charge in [0.1, 0.15) is 9.88 Å². The Hall–Kier alpha value is -4.43. The largest absolute Gasteiger partial charge is 0.281 e. The Labute approximate surface area is 199 Å². The van der Waals surface area contributed by atoms with E-state index in [2.05, 4.69) is 25.8 Å². The van der Waals surface area contributed by atoms with E-state index < -0.39 is 11.8 Å². The number of hydrazine groups is 1. The molecule has 3 heterocycles. The first-order valence-corrected chi connectivity index (χ1v) is 11.4. The van der Waals surface area contributed by atoms with E-state index in [0.29, 0.717) is 32.7 Å². The molecule has 34 heavy (non-hydrogen) atoms. The molecule has 0 aliphatic heterocycles. The van der Waals surface area contributed by atoms with Crippen molar-refractivity contribution < 1.29 is 9.59 Å². The van der Waals surface area contributed by atoms with Gasteiger partial charge in [0.05, 0.1) is 22.5 Å². The van der Waals surface area contributed by atoms with Gasteiger partial charge in [-0.15, -0.1) is 11.3 Å². The van der Waals surface area contributed by atoms with E-state index in [4.69, 9.17) is 0 Å². The number of hydrogen-bond acceptors (Lipinski definition) is 6. The van der Waals surface area contributed by atoms with Crippen LogP contribution >= 0.6 is 11.3 Å². The lowest BCUT2D eigenvalue weighted by molar-refractivity contribution is 0.0849. The maximum atomic E-state index is 13.1. The van der Waals surface area contributed by atoms with E-state index in [0.717, 1.165) is 16.1 Å². The fourth-order valence-corrected chi connectivity index (χ4v) is 4.54. The number of nitrogens with zero attached hydrogens (tertiary/aromatic N) is 3. The maximum Gasteiger partial charge on any atom is 0.281 e. The van der Waals surface area contributed by atoms with Crippen molar-refractivity contribution in [1.82, 2.24) is 25.8 Å². The number of nitrogens with one attached hydrogen (secondary N) is 2. The minimum Gasteiger partial charge on any atom is -0.267 e. The summed E-state index contributed by atoms with van der Waals surface area (Å²) in [4.78, 5) is 39.7. The Bertz CT molecular complexity index is 1500. The van der Waals surface area contributed by atoms with Crippen LogP contribution in [0.2, 0.25) is 0 Å². The summed E-state index contributed by atoms with van der Waals surface area (Å²) in [6.07, 6.45) is 3.37. The summed E-state index contributed by atoms with van der Waals surface area (Å²) in [5, 5.41) is 1.43. The van der Waals surface area contributed by atoms with Gasteiger partial charge < -0.3 is 0 Å². The van der Waals surface area contributed by atoms with Gasteiger partial charge in [0, 0.05) is 28.9 Å². The van der Waals surface area contributed by atoms with Crippen LogP contribution in [-0.2, 0) is 0 Å². The van der Waals surface area contributed by atoms with Gasteiger partial charge in [-0.05, 0) is 31.2 Å². The molecule has 0 unspecified atom stereocenters. The van der Waals surface area contributed by atoms with Crippen molar-refractivity contribution in [3.8, 4) is 21.8 Å². The highest BCUT2D eigenvalue weighted by Gasteiger charge is 2.19. The smallest absolute Gasteiger partial charge is 0.267 e. The molecule has 0 aliphatic rings. The van der Waals surface area contributed by atoms with Crippen molar-refractivity contribution >= 4 is 34.1 Å². The fourth-order valence-electron chi connectivity index (χ4n) is 3.57. The summed E-state index contributed by atoms with van der Waals surface area (Å²) in [5.41, 5.74) is 9.09. The third-order valence-corrected chi connectivity index (χ3v) is 6.44. The minimum absolute atomic E-state index is 0.399. The van der Waals surface area contributed by atoms with Crippen LogP contribution in [0, 0.1) is 6.92 Å². The molecule has 166 valence electrons. The number of pyridine rings is 2. The van der Waals surface area contributed by atoms with Gasteiger partial charge in [-0.3, -0.25) is 25.4 Å². The quantitative estimate of drug-likeness (QED) is 0.372. The Balaban J connectivity index is 1.39. The second-order valence-electron chi connectivity index (χ2n) is 7.52.